The third-order valence-corrected chi connectivity index (χ3v) is 4.82. The Kier molecular flexibility index (Phi) is 5.18. The van der Waals surface area contributed by atoms with Crippen LogP contribution in [0.3, 0.4) is 0 Å². The predicted molar refractivity (Wildman–Crippen MR) is 107 cm³/mol. The SMILES string of the molecule is Cc1cc(C)cc(O[C@@H](C)C(=O)N[C@@H]2CC(C)(C)Oc3ccc(C)cc32)c1. The normalized spacial score (nSPS) is 18.8. The molecule has 144 valence electrons. The Labute approximate surface area is 161 Å². The molecule has 4 heteroatoms. The monoisotopic (exact) mass is 367 g/mol. The predicted octanol–water partition coefficient (Wildman–Crippen LogP) is 4.80. The Bertz CT molecular complexity index is 836. The van der Waals surface area contributed by atoms with Crippen molar-refractivity contribution < 1.29 is 14.3 Å². The van der Waals surface area contributed by atoms with Crippen molar-refractivity contribution in [3.63, 3.8) is 0 Å². The minimum atomic E-state index is -0.578. The number of fused-ring (bicyclic) bond motifs is 1. The van der Waals surface area contributed by atoms with Crippen LogP contribution in [0.25, 0.3) is 0 Å². The lowest BCUT2D eigenvalue weighted by Crippen LogP contribution is -2.44. The number of carbonyl (C=O) groups is 1. The van der Waals surface area contributed by atoms with Crippen LogP contribution in [-0.2, 0) is 4.79 Å². The van der Waals surface area contributed by atoms with Crippen LogP contribution in [0, 0.1) is 20.8 Å². The molecule has 1 heterocycles. The molecule has 0 saturated carbocycles. The number of amides is 1. The van der Waals surface area contributed by atoms with Crippen molar-refractivity contribution in [2.75, 3.05) is 0 Å². The van der Waals surface area contributed by atoms with Crippen LogP contribution < -0.4 is 14.8 Å². The summed E-state index contributed by atoms with van der Waals surface area (Å²) < 4.78 is 12.0. The van der Waals surface area contributed by atoms with Crippen molar-refractivity contribution >= 4 is 5.91 Å². The minimum absolute atomic E-state index is 0.0959. The number of aryl methyl sites for hydroxylation is 3. The summed E-state index contributed by atoms with van der Waals surface area (Å²) in [6, 6.07) is 12.0. The van der Waals surface area contributed by atoms with Gasteiger partial charge in [0.2, 0.25) is 0 Å². The molecule has 0 radical (unpaired) electrons. The van der Waals surface area contributed by atoms with Gasteiger partial charge in [-0.15, -0.1) is 0 Å². The summed E-state index contributed by atoms with van der Waals surface area (Å²) in [5.74, 6) is 1.44. The number of hydrogen-bond acceptors (Lipinski definition) is 3. The molecule has 3 rings (SSSR count). The maximum absolute atomic E-state index is 12.8. The number of nitrogens with one attached hydrogen (secondary N) is 1. The van der Waals surface area contributed by atoms with Crippen molar-refractivity contribution in [3.05, 3.63) is 58.7 Å². The zero-order valence-corrected chi connectivity index (χ0v) is 17.1. The van der Waals surface area contributed by atoms with Gasteiger partial charge in [0.15, 0.2) is 6.10 Å². The highest BCUT2D eigenvalue weighted by Crippen LogP contribution is 2.39. The van der Waals surface area contributed by atoms with Crippen LogP contribution in [-0.4, -0.2) is 17.6 Å². The maximum Gasteiger partial charge on any atom is 0.261 e. The lowest BCUT2D eigenvalue weighted by molar-refractivity contribution is -0.128. The number of benzene rings is 2. The van der Waals surface area contributed by atoms with E-state index in [2.05, 4.69) is 17.4 Å². The lowest BCUT2D eigenvalue weighted by atomic mass is 9.89. The standard InChI is InChI=1S/C23H29NO3/c1-14-7-8-21-19(12-14)20(13-23(5,6)27-21)24-22(25)17(4)26-18-10-15(2)9-16(3)11-18/h7-12,17,20H,13H2,1-6H3,(H,24,25)/t17-,20+/m0/s1. The molecule has 0 unspecified atom stereocenters. The van der Waals surface area contributed by atoms with Gasteiger partial charge in [-0.05, 0) is 70.9 Å². The van der Waals surface area contributed by atoms with Crippen LogP contribution in [0.15, 0.2) is 36.4 Å². The van der Waals surface area contributed by atoms with Crippen LogP contribution in [0.4, 0.5) is 0 Å². The highest BCUT2D eigenvalue weighted by atomic mass is 16.5. The van der Waals surface area contributed by atoms with Gasteiger partial charge >= 0.3 is 0 Å². The Morgan fingerprint density at radius 3 is 2.44 bits per heavy atom. The van der Waals surface area contributed by atoms with Crippen molar-refractivity contribution in [3.8, 4) is 11.5 Å². The first-order chi connectivity index (χ1) is 12.6. The van der Waals surface area contributed by atoms with Gasteiger partial charge in [0.1, 0.15) is 17.1 Å². The molecule has 1 N–H and O–H groups in total. The molecule has 1 amide bonds. The molecule has 0 bridgehead atoms. The van der Waals surface area contributed by atoms with Crippen molar-refractivity contribution in [2.45, 2.75) is 65.7 Å². The van der Waals surface area contributed by atoms with Gasteiger partial charge in [-0.2, -0.15) is 0 Å². The zero-order valence-electron chi connectivity index (χ0n) is 17.1. The second-order valence-corrected chi connectivity index (χ2v) is 8.25. The van der Waals surface area contributed by atoms with Gasteiger partial charge < -0.3 is 14.8 Å². The van der Waals surface area contributed by atoms with E-state index in [1.165, 1.54) is 0 Å². The average Bonchev–Trinajstić information content (AvgIpc) is 2.53. The van der Waals surface area contributed by atoms with E-state index in [0.29, 0.717) is 6.42 Å². The molecule has 0 spiro atoms. The van der Waals surface area contributed by atoms with Gasteiger partial charge in [-0.25, -0.2) is 0 Å². The minimum Gasteiger partial charge on any atom is -0.487 e. The molecule has 27 heavy (non-hydrogen) atoms. The highest BCUT2D eigenvalue weighted by molar-refractivity contribution is 5.81. The smallest absolute Gasteiger partial charge is 0.261 e. The topological polar surface area (TPSA) is 47.6 Å². The van der Waals surface area contributed by atoms with E-state index in [9.17, 15) is 4.79 Å². The van der Waals surface area contributed by atoms with Crippen molar-refractivity contribution in [1.82, 2.24) is 5.32 Å². The molecule has 0 aromatic heterocycles. The van der Waals surface area contributed by atoms with E-state index >= 15 is 0 Å². The third kappa shape index (κ3) is 4.62. The maximum atomic E-state index is 12.8. The second-order valence-electron chi connectivity index (χ2n) is 8.25. The molecule has 4 nitrogen and oxygen atoms in total. The molecular formula is C23H29NO3. The number of ether oxygens (including phenoxy) is 2. The van der Waals surface area contributed by atoms with E-state index in [-0.39, 0.29) is 17.6 Å². The van der Waals surface area contributed by atoms with E-state index in [4.69, 9.17) is 9.47 Å². The fourth-order valence-electron chi connectivity index (χ4n) is 3.65. The molecule has 2 aromatic rings. The van der Waals surface area contributed by atoms with E-state index in [1.54, 1.807) is 6.92 Å². The molecular weight excluding hydrogens is 338 g/mol. The summed E-state index contributed by atoms with van der Waals surface area (Å²) >= 11 is 0. The first-order valence-corrected chi connectivity index (χ1v) is 9.48. The third-order valence-electron chi connectivity index (χ3n) is 4.82. The van der Waals surface area contributed by atoms with Crippen LogP contribution in [0.1, 0.15) is 55.5 Å². The largest absolute Gasteiger partial charge is 0.487 e. The van der Waals surface area contributed by atoms with Gasteiger partial charge in [-0.3, -0.25) is 4.79 Å². The molecule has 1 aliphatic rings. The summed E-state index contributed by atoms with van der Waals surface area (Å²) in [6.45, 7) is 12.0. The zero-order chi connectivity index (χ0) is 19.8. The lowest BCUT2D eigenvalue weighted by Gasteiger charge is -2.38. The van der Waals surface area contributed by atoms with Gasteiger partial charge in [0, 0.05) is 12.0 Å². The highest BCUT2D eigenvalue weighted by Gasteiger charge is 2.35. The van der Waals surface area contributed by atoms with Crippen LogP contribution >= 0.6 is 0 Å². The summed E-state index contributed by atoms with van der Waals surface area (Å²) in [5.41, 5.74) is 4.08. The summed E-state index contributed by atoms with van der Waals surface area (Å²) in [7, 11) is 0. The van der Waals surface area contributed by atoms with Gasteiger partial charge in [-0.1, -0.05) is 23.8 Å². The number of carbonyl (C=O) groups excluding carboxylic acids is 1. The number of hydrogen-bond donors (Lipinski definition) is 1. The first kappa shape index (κ1) is 19.3. The molecule has 2 aromatic carbocycles. The van der Waals surface area contributed by atoms with Crippen molar-refractivity contribution in [2.24, 2.45) is 0 Å². The van der Waals surface area contributed by atoms with Crippen molar-refractivity contribution in [1.29, 1.82) is 0 Å². The number of rotatable bonds is 4. The quantitative estimate of drug-likeness (QED) is 0.844. The van der Waals surface area contributed by atoms with Crippen LogP contribution in [0.2, 0.25) is 0 Å². The Morgan fingerprint density at radius 1 is 1.11 bits per heavy atom. The van der Waals surface area contributed by atoms with E-state index in [1.807, 2.05) is 58.9 Å². The molecule has 0 aliphatic carbocycles. The Hall–Kier alpha value is -2.49. The first-order valence-electron chi connectivity index (χ1n) is 9.48. The molecule has 0 saturated heterocycles. The second kappa shape index (κ2) is 7.26. The summed E-state index contributed by atoms with van der Waals surface area (Å²) in [4.78, 5) is 12.8. The molecule has 1 aliphatic heterocycles. The van der Waals surface area contributed by atoms with E-state index in [0.717, 1.165) is 33.8 Å². The summed E-state index contributed by atoms with van der Waals surface area (Å²) in [6.07, 6.45) is 0.135. The fourth-order valence-corrected chi connectivity index (χ4v) is 3.65. The van der Waals surface area contributed by atoms with E-state index < -0.39 is 6.10 Å². The molecule has 0 fully saturated rings. The fraction of sp³-hybridized carbons (Fsp3) is 0.435. The summed E-state index contributed by atoms with van der Waals surface area (Å²) in [5, 5.41) is 3.16. The average molecular weight is 367 g/mol. The van der Waals surface area contributed by atoms with Crippen LogP contribution in [0.5, 0.6) is 11.5 Å². The van der Waals surface area contributed by atoms with Gasteiger partial charge in [0.25, 0.3) is 5.91 Å². The Morgan fingerprint density at radius 2 is 1.78 bits per heavy atom. The Balaban J connectivity index is 1.76. The van der Waals surface area contributed by atoms with Gasteiger partial charge in [0.05, 0.1) is 6.04 Å². The molecule has 2 atom stereocenters.